The van der Waals surface area contributed by atoms with E-state index in [4.69, 9.17) is 23.1 Å². The minimum atomic E-state index is -3.04. The monoisotopic (exact) mass is 533 g/mol. The molecular formula is C28H43NO7Si. The summed E-state index contributed by atoms with van der Waals surface area (Å²) in [5.41, 5.74) is 1.46. The largest absolute Gasteiger partial charge is 0.496 e. The van der Waals surface area contributed by atoms with Crippen LogP contribution in [0.2, 0.25) is 10.1 Å². The van der Waals surface area contributed by atoms with Crippen LogP contribution < -0.4 is 9.47 Å². The quantitative estimate of drug-likeness (QED) is 0.111. The number of nitrogens with zero attached hydrogens (tertiary/aromatic N) is 1. The van der Waals surface area contributed by atoms with Crippen LogP contribution in [0.5, 0.6) is 11.5 Å². The molecule has 1 unspecified atom stereocenters. The molecule has 0 aliphatic carbocycles. The number of ether oxygens (including phenoxy) is 3. The molecule has 0 N–H and O–H groups in total. The lowest BCUT2D eigenvalue weighted by atomic mass is 9.88. The molecule has 2 saturated heterocycles. The van der Waals surface area contributed by atoms with Crippen LogP contribution in [0.1, 0.15) is 78.5 Å². The second-order valence-corrected chi connectivity index (χ2v) is 17.0. The molecule has 0 saturated carbocycles. The van der Waals surface area contributed by atoms with E-state index in [1.807, 2.05) is 13.0 Å². The van der Waals surface area contributed by atoms with Crippen LogP contribution in [0.4, 0.5) is 5.69 Å². The summed E-state index contributed by atoms with van der Waals surface area (Å²) >= 11 is 0. The number of rotatable bonds is 9. The molecule has 0 aromatic heterocycles. The standard InChI is InChI=1S/C28H43NO7Si/c1-12-13-14-28-17-34-37(26(4,5)6,27(7,8)9)36-24(25(28)35-28)22-19(15-18(2)3)21(32-10)16-20(29(30)31)23(22)33-11/h12,16,24-25H,1-2,13-15,17H2,3-11H3/t24?,25-,28+/m1/s1. The van der Waals surface area contributed by atoms with Gasteiger partial charge in [-0.15, -0.1) is 6.58 Å². The maximum Gasteiger partial charge on any atom is 0.350 e. The first-order chi connectivity index (χ1) is 17.1. The molecule has 2 aliphatic heterocycles. The van der Waals surface area contributed by atoms with Crippen molar-refractivity contribution in [1.29, 1.82) is 0 Å². The molecule has 2 aliphatic rings. The number of fused-ring (bicyclic) bond motifs is 1. The van der Waals surface area contributed by atoms with Crippen LogP contribution in [0.15, 0.2) is 30.9 Å². The summed E-state index contributed by atoms with van der Waals surface area (Å²) in [6, 6.07) is 1.42. The van der Waals surface area contributed by atoms with Crippen molar-refractivity contribution in [3.8, 4) is 11.5 Å². The highest BCUT2D eigenvalue weighted by Gasteiger charge is 2.70. The maximum atomic E-state index is 12.2. The Morgan fingerprint density at radius 2 is 1.86 bits per heavy atom. The average molecular weight is 534 g/mol. The molecular weight excluding hydrogens is 490 g/mol. The van der Waals surface area contributed by atoms with E-state index in [9.17, 15) is 10.1 Å². The van der Waals surface area contributed by atoms with Gasteiger partial charge in [-0.05, 0) is 26.2 Å². The number of hydrogen-bond donors (Lipinski definition) is 0. The lowest BCUT2D eigenvalue weighted by Crippen LogP contribution is -2.58. The van der Waals surface area contributed by atoms with Crippen molar-refractivity contribution in [3.63, 3.8) is 0 Å². The Morgan fingerprint density at radius 3 is 2.32 bits per heavy atom. The summed E-state index contributed by atoms with van der Waals surface area (Å²) in [5.74, 6) is 0.558. The first-order valence-electron chi connectivity index (χ1n) is 12.8. The van der Waals surface area contributed by atoms with E-state index in [1.54, 1.807) is 0 Å². The molecule has 2 heterocycles. The maximum absolute atomic E-state index is 12.2. The number of hydrogen-bond acceptors (Lipinski definition) is 7. The molecule has 0 spiro atoms. The van der Waals surface area contributed by atoms with E-state index in [-0.39, 0.29) is 27.6 Å². The van der Waals surface area contributed by atoms with Crippen molar-refractivity contribution in [1.82, 2.24) is 0 Å². The van der Waals surface area contributed by atoms with Gasteiger partial charge in [0.25, 0.3) is 0 Å². The zero-order chi connectivity index (χ0) is 28.0. The van der Waals surface area contributed by atoms with E-state index >= 15 is 0 Å². The van der Waals surface area contributed by atoms with Crippen LogP contribution in [0.25, 0.3) is 0 Å². The van der Waals surface area contributed by atoms with Gasteiger partial charge in [-0.25, -0.2) is 0 Å². The first-order valence-corrected chi connectivity index (χ1v) is 14.6. The van der Waals surface area contributed by atoms with Crippen LogP contribution in [0, 0.1) is 10.1 Å². The molecule has 2 fully saturated rings. The molecule has 3 atom stereocenters. The summed E-state index contributed by atoms with van der Waals surface area (Å²) in [7, 11) is -0.0800. The smallest absolute Gasteiger partial charge is 0.350 e. The number of methoxy groups -OCH3 is 2. The second kappa shape index (κ2) is 10.2. The van der Waals surface area contributed by atoms with Gasteiger partial charge in [-0.2, -0.15) is 0 Å². The Bertz CT molecular complexity index is 1060. The van der Waals surface area contributed by atoms with Crippen LogP contribution in [-0.2, 0) is 20.0 Å². The molecule has 1 aromatic rings. The number of nitro benzene ring substituents is 1. The predicted molar refractivity (Wildman–Crippen MR) is 147 cm³/mol. The topological polar surface area (TPSA) is 92.6 Å². The van der Waals surface area contributed by atoms with Gasteiger partial charge in [0.05, 0.1) is 31.8 Å². The second-order valence-electron chi connectivity index (χ2n) is 12.3. The van der Waals surface area contributed by atoms with Crippen molar-refractivity contribution in [3.05, 3.63) is 52.1 Å². The minimum absolute atomic E-state index is 0.160. The van der Waals surface area contributed by atoms with E-state index in [0.29, 0.717) is 30.8 Å². The molecule has 0 amide bonds. The molecule has 8 nitrogen and oxygen atoms in total. The van der Waals surface area contributed by atoms with Crippen LogP contribution in [0.3, 0.4) is 0 Å². The van der Waals surface area contributed by atoms with E-state index in [2.05, 4.69) is 54.7 Å². The van der Waals surface area contributed by atoms with Gasteiger partial charge in [0.15, 0.2) is 0 Å². The lowest BCUT2D eigenvalue weighted by Gasteiger charge is -2.50. The number of benzene rings is 1. The number of epoxide rings is 1. The Morgan fingerprint density at radius 1 is 1.24 bits per heavy atom. The minimum Gasteiger partial charge on any atom is -0.496 e. The number of nitro groups is 1. The zero-order valence-corrected chi connectivity index (χ0v) is 24.9. The highest BCUT2D eigenvalue weighted by atomic mass is 28.4. The average Bonchev–Trinajstić information content (AvgIpc) is 3.50. The van der Waals surface area contributed by atoms with Crippen LogP contribution >= 0.6 is 0 Å². The first kappa shape index (κ1) is 29.4. The third-order valence-electron chi connectivity index (χ3n) is 7.41. The highest BCUT2D eigenvalue weighted by molar-refractivity contribution is 6.73. The molecule has 37 heavy (non-hydrogen) atoms. The van der Waals surface area contributed by atoms with Crippen LogP contribution in [-0.4, -0.2) is 46.0 Å². The summed E-state index contributed by atoms with van der Waals surface area (Å²) in [4.78, 5) is 11.7. The van der Waals surface area contributed by atoms with E-state index < -0.39 is 25.2 Å². The summed E-state index contributed by atoms with van der Waals surface area (Å²) in [5, 5.41) is 11.6. The number of allylic oxidation sites excluding steroid dienone is 2. The summed E-state index contributed by atoms with van der Waals surface area (Å²) in [6.45, 7) is 23.2. The fraction of sp³-hybridized carbons (Fsp3) is 0.643. The summed E-state index contributed by atoms with van der Waals surface area (Å²) < 4.78 is 32.0. The Balaban J connectivity index is 2.39. The zero-order valence-electron chi connectivity index (χ0n) is 23.9. The Hall–Kier alpha value is -2.20. The molecule has 1 aromatic carbocycles. The van der Waals surface area contributed by atoms with Crippen molar-refractivity contribution in [2.75, 3.05) is 20.8 Å². The van der Waals surface area contributed by atoms with Gasteiger partial charge in [-0.1, -0.05) is 59.8 Å². The van der Waals surface area contributed by atoms with Crippen molar-refractivity contribution in [2.24, 2.45) is 0 Å². The predicted octanol–water partition coefficient (Wildman–Crippen LogP) is 6.96. The molecule has 0 bridgehead atoms. The molecule has 3 rings (SSSR count). The van der Waals surface area contributed by atoms with Crippen molar-refractivity contribution in [2.45, 2.75) is 95.6 Å². The van der Waals surface area contributed by atoms with Gasteiger partial charge in [0.2, 0.25) is 5.75 Å². The third-order valence-corrected chi connectivity index (χ3v) is 12.5. The van der Waals surface area contributed by atoms with Gasteiger partial charge in [-0.3, -0.25) is 10.1 Å². The normalized spacial score (nSPS) is 25.0. The highest BCUT2D eigenvalue weighted by Crippen LogP contribution is 2.62. The van der Waals surface area contributed by atoms with Crippen molar-refractivity contribution < 1.29 is 28.0 Å². The van der Waals surface area contributed by atoms with Crippen molar-refractivity contribution >= 4 is 14.2 Å². The van der Waals surface area contributed by atoms with Gasteiger partial charge in [0.1, 0.15) is 23.6 Å². The lowest BCUT2D eigenvalue weighted by molar-refractivity contribution is -0.385. The fourth-order valence-corrected chi connectivity index (χ4v) is 10.9. The van der Waals surface area contributed by atoms with Gasteiger partial charge < -0.3 is 23.1 Å². The fourth-order valence-electron chi connectivity index (χ4n) is 5.91. The Kier molecular flexibility index (Phi) is 8.07. The third kappa shape index (κ3) is 5.11. The van der Waals surface area contributed by atoms with E-state index in [0.717, 1.165) is 17.6 Å². The van der Waals surface area contributed by atoms with Gasteiger partial charge in [0, 0.05) is 21.2 Å². The van der Waals surface area contributed by atoms with Gasteiger partial charge >= 0.3 is 14.2 Å². The summed E-state index contributed by atoms with van der Waals surface area (Å²) in [6.07, 6.45) is 2.76. The Labute approximate surface area is 222 Å². The molecule has 0 radical (unpaired) electrons. The SMILES string of the molecule is C=CCC[C@]12CO[Si](C(C)(C)C)(C(C)(C)C)OC(c3c(CC(=C)C)c(OC)cc([N+](=O)[O-])c3OC)[C@H]1O2. The van der Waals surface area contributed by atoms with E-state index in [1.165, 1.54) is 20.3 Å². The molecule has 9 heteroatoms. The molecule has 206 valence electrons.